The summed E-state index contributed by atoms with van der Waals surface area (Å²) in [6, 6.07) is 6.41. The molecule has 5 rings (SSSR count). The highest BCUT2D eigenvalue weighted by atomic mass is 19.2. The zero-order valence-corrected chi connectivity index (χ0v) is 18.9. The molecule has 0 bridgehead atoms. The van der Waals surface area contributed by atoms with Gasteiger partial charge in [-0.2, -0.15) is 5.10 Å². The standard InChI is InChI=1S/C25H33FN4O2/c1-29-22-15-19(18-4-2-16(3-5-18)14-17-10-12-27-13-11-17)6-7-20(22)24(28-29)21-8-9-23(31)30(26)25(21)32/h6-7,15-18,21,27H,2-5,8-14H2,1H3. The van der Waals surface area contributed by atoms with Gasteiger partial charge in [0, 0.05) is 18.9 Å². The molecule has 2 saturated heterocycles. The van der Waals surface area contributed by atoms with E-state index in [1.807, 2.05) is 13.1 Å². The molecular weight excluding hydrogens is 407 g/mol. The molecule has 3 fully saturated rings. The fraction of sp³-hybridized carbons (Fsp3) is 0.640. The van der Waals surface area contributed by atoms with Crippen molar-refractivity contribution in [1.82, 2.24) is 20.2 Å². The van der Waals surface area contributed by atoms with Crippen molar-refractivity contribution >= 4 is 22.7 Å². The average Bonchev–Trinajstić information content (AvgIpc) is 3.14. The van der Waals surface area contributed by atoms with E-state index in [0.29, 0.717) is 18.0 Å². The van der Waals surface area contributed by atoms with Gasteiger partial charge in [0.15, 0.2) is 0 Å². The number of fused-ring (bicyclic) bond motifs is 1. The Bertz CT molecular complexity index is 1000. The minimum absolute atomic E-state index is 0.0314. The van der Waals surface area contributed by atoms with Crippen LogP contribution >= 0.6 is 0 Å². The van der Waals surface area contributed by atoms with E-state index in [4.69, 9.17) is 0 Å². The molecule has 6 nitrogen and oxygen atoms in total. The van der Waals surface area contributed by atoms with Crippen LogP contribution in [-0.4, -0.2) is 39.8 Å². The van der Waals surface area contributed by atoms with Crippen molar-refractivity contribution in [3.8, 4) is 0 Å². The lowest BCUT2D eigenvalue weighted by atomic mass is 9.74. The summed E-state index contributed by atoms with van der Waals surface area (Å²) in [5.74, 6) is 0.0852. The third-order valence-electron chi connectivity index (χ3n) is 8.04. The number of nitrogens with zero attached hydrogens (tertiary/aromatic N) is 3. The molecule has 1 aromatic heterocycles. The quantitative estimate of drug-likeness (QED) is 0.567. The van der Waals surface area contributed by atoms with Gasteiger partial charge in [-0.25, -0.2) is 0 Å². The molecule has 3 heterocycles. The van der Waals surface area contributed by atoms with Crippen molar-refractivity contribution < 1.29 is 14.1 Å². The van der Waals surface area contributed by atoms with Crippen LogP contribution in [0.25, 0.3) is 10.9 Å². The molecule has 1 saturated carbocycles. The minimum atomic E-state index is -0.794. The summed E-state index contributed by atoms with van der Waals surface area (Å²) in [5, 5.41) is 8.70. The fourth-order valence-corrected chi connectivity index (χ4v) is 6.14. The van der Waals surface area contributed by atoms with E-state index in [1.54, 1.807) is 4.68 Å². The van der Waals surface area contributed by atoms with Crippen LogP contribution in [0, 0.1) is 11.8 Å². The lowest BCUT2D eigenvalue weighted by Gasteiger charge is -2.32. The molecule has 0 radical (unpaired) electrons. The summed E-state index contributed by atoms with van der Waals surface area (Å²) in [4.78, 5) is 23.9. The number of aryl methyl sites for hydroxylation is 1. The van der Waals surface area contributed by atoms with Crippen molar-refractivity contribution in [1.29, 1.82) is 0 Å². The van der Waals surface area contributed by atoms with E-state index in [2.05, 4.69) is 22.5 Å². The maximum atomic E-state index is 13.9. The highest BCUT2D eigenvalue weighted by Gasteiger charge is 2.38. The van der Waals surface area contributed by atoms with Gasteiger partial charge < -0.3 is 5.32 Å². The Morgan fingerprint density at radius 3 is 2.50 bits per heavy atom. The first-order valence-corrected chi connectivity index (χ1v) is 12.2. The Hall–Kier alpha value is -2.28. The van der Waals surface area contributed by atoms with Crippen LogP contribution in [0.15, 0.2) is 18.2 Å². The van der Waals surface area contributed by atoms with Crippen LogP contribution in [0.3, 0.4) is 0 Å². The predicted molar refractivity (Wildman–Crippen MR) is 121 cm³/mol. The third kappa shape index (κ3) is 4.07. The number of halogens is 1. The number of carbonyl (C=O) groups excluding carboxylic acids is 2. The summed E-state index contributed by atoms with van der Waals surface area (Å²) >= 11 is 0. The maximum absolute atomic E-state index is 13.9. The van der Waals surface area contributed by atoms with Gasteiger partial charge in [0.2, 0.25) is 0 Å². The summed E-state index contributed by atoms with van der Waals surface area (Å²) < 4.78 is 15.7. The van der Waals surface area contributed by atoms with Gasteiger partial charge in [-0.1, -0.05) is 16.6 Å². The molecule has 2 aromatic rings. The Labute approximate surface area is 188 Å². The monoisotopic (exact) mass is 440 g/mol. The first kappa shape index (κ1) is 21.6. The SMILES string of the molecule is Cn1nc(C2CCC(=O)N(F)C2=O)c2ccc(C3CCC(CC4CCNCC4)CC3)cc21. The van der Waals surface area contributed by atoms with Crippen LogP contribution in [0.2, 0.25) is 0 Å². The second-order valence-corrected chi connectivity index (χ2v) is 10.0. The Kier molecular flexibility index (Phi) is 6.01. The lowest BCUT2D eigenvalue weighted by molar-refractivity contribution is -0.167. The molecule has 1 aromatic carbocycles. The highest BCUT2D eigenvalue weighted by molar-refractivity contribution is 6.01. The second-order valence-electron chi connectivity index (χ2n) is 10.0. The second kappa shape index (κ2) is 8.93. The summed E-state index contributed by atoms with van der Waals surface area (Å²) in [6.07, 6.45) is 9.46. The number of benzene rings is 1. The zero-order chi connectivity index (χ0) is 22.2. The number of imide groups is 1. The Morgan fingerprint density at radius 1 is 1.03 bits per heavy atom. The Morgan fingerprint density at radius 2 is 1.75 bits per heavy atom. The molecule has 1 unspecified atom stereocenters. The molecule has 2 amide bonds. The Balaban J connectivity index is 1.29. The zero-order valence-electron chi connectivity index (χ0n) is 18.9. The van der Waals surface area contributed by atoms with Crippen molar-refractivity contribution in [3.63, 3.8) is 0 Å². The number of nitrogens with one attached hydrogen (secondary N) is 1. The smallest absolute Gasteiger partial charge is 0.267 e. The van der Waals surface area contributed by atoms with Gasteiger partial charge in [0.25, 0.3) is 11.8 Å². The van der Waals surface area contributed by atoms with Crippen molar-refractivity contribution in [3.05, 3.63) is 29.5 Å². The van der Waals surface area contributed by atoms with Crippen LogP contribution in [0.1, 0.15) is 80.9 Å². The number of carbonyl (C=O) groups is 2. The molecule has 32 heavy (non-hydrogen) atoms. The highest BCUT2D eigenvalue weighted by Crippen LogP contribution is 2.41. The number of rotatable bonds is 4. The number of aromatic nitrogens is 2. The van der Waals surface area contributed by atoms with Crippen LogP contribution in [0.5, 0.6) is 0 Å². The van der Waals surface area contributed by atoms with Gasteiger partial charge in [-0.05, 0) is 93.8 Å². The molecule has 1 atom stereocenters. The van der Waals surface area contributed by atoms with Crippen molar-refractivity contribution in [2.24, 2.45) is 18.9 Å². The van der Waals surface area contributed by atoms with E-state index in [0.717, 1.165) is 22.7 Å². The summed E-state index contributed by atoms with van der Waals surface area (Å²) in [6.45, 7) is 2.36. The van der Waals surface area contributed by atoms with Gasteiger partial charge in [0.05, 0.1) is 17.1 Å². The van der Waals surface area contributed by atoms with Gasteiger partial charge in [-0.15, -0.1) is 5.12 Å². The first-order valence-electron chi connectivity index (χ1n) is 12.2. The number of hydrogen-bond acceptors (Lipinski definition) is 4. The van der Waals surface area contributed by atoms with Crippen LogP contribution in [-0.2, 0) is 16.6 Å². The largest absolute Gasteiger partial charge is 0.317 e. The lowest BCUT2D eigenvalue weighted by Crippen LogP contribution is -2.38. The number of hydrogen-bond donors (Lipinski definition) is 1. The molecule has 1 aliphatic carbocycles. The predicted octanol–water partition coefficient (Wildman–Crippen LogP) is 4.35. The summed E-state index contributed by atoms with van der Waals surface area (Å²) in [5.41, 5.74) is 2.90. The van der Waals surface area contributed by atoms with Gasteiger partial charge in [-0.3, -0.25) is 14.3 Å². The third-order valence-corrected chi connectivity index (χ3v) is 8.04. The number of piperidine rings is 2. The molecule has 3 aliphatic rings. The summed E-state index contributed by atoms with van der Waals surface area (Å²) in [7, 11) is 1.87. The maximum Gasteiger partial charge on any atom is 0.267 e. The first-order chi connectivity index (χ1) is 15.5. The van der Waals surface area contributed by atoms with E-state index in [-0.39, 0.29) is 11.5 Å². The molecule has 172 valence electrons. The average molecular weight is 441 g/mol. The molecular formula is C25H33FN4O2. The van der Waals surface area contributed by atoms with Crippen LogP contribution in [0.4, 0.5) is 4.48 Å². The van der Waals surface area contributed by atoms with E-state index in [1.165, 1.54) is 63.6 Å². The molecule has 0 spiro atoms. The van der Waals surface area contributed by atoms with E-state index < -0.39 is 17.7 Å². The van der Waals surface area contributed by atoms with E-state index in [9.17, 15) is 14.1 Å². The van der Waals surface area contributed by atoms with E-state index >= 15 is 0 Å². The van der Waals surface area contributed by atoms with Crippen molar-refractivity contribution in [2.45, 2.75) is 69.6 Å². The normalized spacial score (nSPS) is 27.9. The molecule has 1 N–H and O–H groups in total. The topological polar surface area (TPSA) is 67.2 Å². The number of amides is 2. The fourth-order valence-electron chi connectivity index (χ4n) is 6.14. The van der Waals surface area contributed by atoms with Crippen LogP contribution < -0.4 is 5.32 Å². The minimum Gasteiger partial charge on any atom is -0.317 e. The van der Waals surface area contributed by atoms with Crippen molar-refractivity contribution in [2.75, 3.05) is 13.1 Å². The van der Waals surface area contributed by atoms with Gasteiger partial charge in [0.1, 0.15) is 0 Å². The van der Waals surface area contributed by atoms with Gasteiger partial charge >= 0.3 is 0 Å². The molecule has 2 aliphatic heterocycles. The molecule has 7 heteroatoms.